The van der Waals surface area contributed by atoms with Crippen molar-refractivity contribution < 1.29 is 9.13 Å². The van der Waals surface area contributed by atoms with E-state index in [1.54, 1.807) is 12.1 Å². The monoisotopic (exact) mass is 252 g/mol. The molecule has 0 saturated heterocycles. The zero-order valence-electron chi connectivity index (χ0n) is 9.08. The number of hydrogen-bond donors (Lipinski definition) is 1. The summed E-state index contributed by atoms with van der Waals surface area (Å²) in [5.74, 6) is -0.294. The molecular formula is C12H10ClFN2O. The van der Waals surface area contributed by atoms with E-state index in [1.165, 1.54) is 18.3 Å². The Balaban J connectivity index is 2.31. The molecule has 5 heteroatoms. The number of nitrogen functional groups attached to an aromatic ring is 1. The van der Waals surface area contributed by atoms with E-state index in [1.807, 2.05) is 6.92 Å². The van der Waals surface area contributed by atoms with Gasteiger partial charge in [-0.05, 0) is 24.6 Å². The second-order valence-corrected chi connectivity index (χ2v) is 3.94. The molecule has 0 atom stereocenters. The van der Waals surface area contributed by atoms with Crippen molar-refractivity contribution in [1.82, 2.24) is 4.98 Å². The highest BCUT2D eigenvalue weighted by atomic mass is 35.5. The van der Waals surface area contributed by atoms with Crippen LogP contribution in [0.2, 0.25) is 5.02 Å². The molecule has 0 radical (unpaired) electrons. The summed E-state index contributed by atoms with van der Waals surface area (Å²) in [7, 11) is 0. The summed E-state index contributed by atoms with van der Waals surface area (Å²) in [6.07, 6.45) is 1.47. The fourth-order valence-corrected chi connectivity index (χ4v) is 1.44. The summed E-state index contributed by atoms with van der Waals surface area (Å²) in [6.45, 7) is 1.82. The van der Waals surface area contributed by atoms with Crippen LogP contribution in [0.25, 0.3) is 0 Å². The molecule has 0 unspecified atom stereocenters. The summed E-state index contributed by atoms with van der Waals surface area (Å²) >= 11 is 5.64. The van der Waals surface area contributed by atoms with Crippen molar-refractivity contribution in [2.24, 2.45) is 0 Å². The summed E-state index contributed by atoms with van der Waals surface area (Å²) in [6, 6.07) is 6.17. The fourth-order valence-electron chi connectivity index (χ4n) is 1.27. The average molecular weight is 253 g/mol. The third kappa shape index (κ3) is 2.47. The predicted molar refractivity (Wildman–Crippen MR) is 64.9 cm³/mol. The van der Waals surface area contributed by atoms with Gasteiger partial charge in [-0.3, -0.25) is 0 Å². The van der Waals surface area contributed by atoms with Gasteiger partial charge in [0.05, 0.1) is 16.9 Å². The highest BCUT2D eigenvalue weighted by Crippen LogP contribution is 2.28. The van der Waals surface area contributed by atoms with Gasteiger partial charge in [0.25, 0.3) is 0 Å². The van der Waals surface area contributed by atoms with Crippen LogP contribution in [0.1, 0.15) is 5.56 Å². The second kappa shape index (κ2) is 4.59. The number of nitrogens with zero attached hydrogens (tertiary/aromatic N) is 1. The van der Waals surface area contributed by atoms with Gasteiger partial charge < -0.3 is 10.5 Å². The molecule has 17 heavy (non-hydrogen) atoms. The van der Waals surface area contributed by atoms with Gasteiger partial charge in [0.2, 0.25) is 5.88 Å². The van der Waals surface area contributed by atoms with Crippen molar-refractivity contribution in [1.29, 1.82) is 0 Å². The number of benzene rings is 1. The van der Waals surface area contributed by atoms with Gasteiger partial charge in [-0.1, -0.05) is 17.7 Å². The van der Waals surface area contributed by atoms with Crippen molar-refractivity contribution in [3.8, 4) is 11.6 Å². The number of anilines is 1. The van der Waals surface area contributed by atoms with Crippen molar-refractivity contribution >= 4 is 17.3 Å². The van der Waals surface area contributed by atoms with Crippen LogP contribution in [-0.2, 0) is 0 Å². The smallest absolute Gasteiger partial charge is 0.219 e. The molecule has 1 aromatic carbocycles. The number of rotatable bonds is 2. The number of halogens is 2. The van der Waals surface area contributed by atoms with E-state index in [0.29, 0.717) is 5.69 Å². The van der Waals surface area contributed by atoms with E-state index >= 15 is 0 Å². The van der Waals surface area contributed by atoms with E-state index in [-0.39, 0.29) is 16.7 Å². The molecule has 0 aliphatic heterocycles. The normalized spacial score (nSPS) is 10.3. The first-order valence-corrected chi connectivity index (χ1v) is 5.29. The molecule has 0 fully saturated rings. The molecule has 0 saturated carbocycles. The van der Waals surface area contributed by atoms with Crippen LogP contribution in [0.5, 0.6) is 11.6 Å². The second-order valence-electron chi connectivity index (χ2n) is 3.53. The largest absolute Gasteiger partial charge is 0.436 e. The maximum Gasteiger partial charge on any atom is 0.219 e. The number of nitrogens with two attached hydrogens (primary N) is 1. The Kier molecular flexibility index (Phi) is 3.15. The summed E-state index contributed by atoms with van der Waals surface area (Å²) in [4.78, 5) is 3.95. The van der Waals surface area contributed by atoms with Crippen LogP contribution >= 0.6 is 11.6 Å². The van der Waals surface area contributed by atoms with E-state index in [2.05, 4.69) is 4.98 Å². The van der Waals surface area contributed by atoms with Gasteiger partial charge in [-0.15, -0.1) is 0 Å². The van der Waals surface area contributed by atoms with Crippen molar-refractivity contribution in [2.45, 2.75) is 6.92 Å². The molecule has 2 aromatic rings. The van der Waals surface area contributed by atoms with Crippen molar-refractivity contribution in [3.05, 3.63) is 46.9 Å². The molecule has 0 aliphatic rings. The first-order chi connectivity index (χ1) is 8.08. The summed E-state index contributed by atoms with van der Waals surface area (Å²) in [5.41, 5.74) is 7.00. The van der Waals surface area contributed by atoms with Crippen LogP contribution in [0.15, 0.2) is 30.5 Å². The molecule has 88 valence electrons. The van der Waals surface area contributed by atoms with Gasteiger partial charge in [0, 0.05) is 6.07 Å². The standard InChI is InChI=1S/C12H10ClFN2O/c1-7-5-11(16-6-9(7)15)17-10-4-2-3-8(13)12(10)14/h2-6H,15H2,1H3. The van der Waals surface area contributed by atoms with E-state index < -0.39 is 5.82 Å². The minimum absolute atomic E-state index is 0.00895. The lowest BCUT2D eigenvalue weighted by atomic mass is 10.2. The number of aromatic nitrogens is 1. The van der Waals surface area contributed by atoms with Crippen LogP contribution in [0.4, 0.5) is 10.1 Å². The third-order valence-electron chi connectivity index (χ3n) is 2.26. The first kappa shape index (κ1) is 11.7. The summed E-state index contributed by atoms with van der Waals surface area (Å²) in [5, 5.41) is 0.00895. The summed E-state index contributed by atoms with van der Waals surface area (Å²) < 4.78 is 18.9. The van der Waals surface area contributed by atoms with Gasteiger partial charge in [-0.2, -0.15) is 0 Å². The Morgan fingerprint density at radius 1 is 1.41 bits per heavy atom. The Labute approximate surface area is 103 Å². The Bertz CT molecular complexity index is 560. The molecule has 0 bridgehead atoms. The van der Waals surface area contributed by atoms with Crippen LogP contribution in [0.3, 0.4) is 0 Å². The maximum atomic E-state index is 13.6. The molecule has 1 aromatic heterocycles. The van der Waals surface area contributed by atoms with E-state index in [9.17, 15) is 4.39 Å². The first-order valence-electron chi connectivity index (χ1n) is 4.92. The molecule has 0 spiro atoms. The lowest BCUT2D eigenvalue weighted by Gasteiger charge is -2.07. The minimum atomic E-state index is -0.606. The molecular weight excluding hydrogens is 243 g/mol. The van der Waals surface area contributed by atoms with Crippen LogP contribution in [0, 0.1) is 12.7 Å². The third-order valence-corrected chi connectivity index (χ3v) is 2.55. The molecule has 0 amide bonds. The van der Waals surface area contributed by atoms with Crippen LogP contribution in [-0.4, -0.2) is 4.98 Å². The Hall–Kier alpha value is -1.81. The molecule has 3 nitrogen and oxygen atoms in total. The minimum Gasteiger partial charge on any atom is -0.436 e. The topological polar surface area (TPSA) is 48.1 Å². The Morgan fingerprint density at radius 3 is 2.88 bits per heavy atom. The van der Waals surface area contributed by atoms with Gasteiger partial charge in [-0.25, -0.2) is 9.37 Å². The van der Waals surface area contributed by atoms with Gasteiger partial charge in [0.15, 0.2) is 11.6 Å². The lowest BCUT2D eigenvalue weighted by molar-refractivity contribution is 0.427. The number of hydrogen-bond acceptors (Lipinski definition) is 3. The van der Waals surface area contributed by atoms with E-state index in [0.717, 1.165) is 5.56 Å². The van der Waals surface area contributed by atoms with E-state index in [4.69, 9.17) is 22.1 Å². The number of aryl methyl sites for hydroxylation is 1. The SMILES string of the molecule is Cc1cc(Oc2cccc(Cl)c2F)ncc1N. The highest BCUT2D eigenvalue weighted by Gasteiger charge is 2.09. The Morgan fingerprint density at radius 2 is 2.18 bits per heavy atom. The molecule has 1 heterocycles. The fraction of sp³-hybridized carbons (Fsp3) is 0.0833. The number of ether oxygens (including phenoxy) is 1. The van der Waals surface area contributed by atoms with Crippen LogP contribution < -0.4 is 10.5 Å². The molecule has 0 aliphatic carbocycles. The zero-order chi connectivity index (χ0) is 12.4. The van der Waals surface area contributed by atoms with Crippen molar-refractivity contribution in [3.63, 3.8) is 0 Å². The molecule has 2 N–H and O–H groups in total. The maximum absolute atomic E-state index is 13.6. The number of pyridine rings is 1. The quantitative estimate of drug-likeness (QED) is 0.889. The predicted octanol–water partition coefficient (Wildman–Crippen LogP) is 3.56. The lowest BCUT2D eigenvalue weighted by Crippen LogP contribution is -1.95. The molecule has 2 rings (SSSR count). The average Bonchev–Trinajstić information content (AvgIpc) is 2.30. The van der Waals surface area contributed by atoms with Crippen molar-refractivity contribution in [2.75, 3.05) is 5.73 Å². The van der Waals surface area contributed by atoms with Gasteiger partial charge in [0.1, 0.15) is 0 Å². The highest BCUT2D eigenvalue weighted by molar-refractivity contribution is 6.30. The van der Waals surface area contributed by atoms with Gasteiger partial charge >= 0.3 is 0 Å². The zero-order valence-corrected chi connectivity index (χ0v) is 9.83.